The van der Waals surface area contributed by atoms with Crippen LogP contribution in [0.5, 0.6) is 0 Å². The number of ether oxygens (including phenoxy) is 1. The van der Waals surface area contributed by atoms with Crippen LogP contribution >= 0.6 is 0 Å². The SMILES string of the molecule is CCC(C)C(=O)OC12CC3CC(C1)CC(OS(=O)(=O)N(C)C)(C3)C2. The summed E-state index contributed by atoms with van der Waals surface area (Å²) in [5, 5.41) is 0. The van der Waals surface area contributed by atoms with Gasteiger partial charge in [0.25, 0.3) is 0 Å². The first-order valence-electron chi connectivity index (χ1n) is 8.95. The highest BCUT2D eigenvalue weighted by atomic mass is 32.2. The smallest absolute Gasteiger partial charge is 0.338 e. The summed E-state index contributed by atoms with van der Waals surface area (Å²) in [5.74, 6) is 0.479. The van der Waals surface area contributed by atoms with E-state index < -0.39 is 21.5 Å². The zero-order chi connectivity index (χ0) is 17.8. The van der Waals surface area contributed by atoms with Gasteiger partial charge in [0.05, 0.1) is 11.5 Å². The molecule has 4 aliphatic rings. The average molecular weight is 359 g/mol. The molecule has 4 saturated carbocycles. The second kappa shape index (κ2) is 5.95. The molecule has 0 heterocycles. The van der Waals surface area contributed by atoms with E-state index in [2.05, 4.69) is 0 Å². The van der Waals surface area contributed by atoms with Gasteiger partial charge in [0, 0.05) is 20.5 Å². The van der Waals surface area contributed by atoms with Crippen LogP contribution in [0.15, 0.2) is 0 Å². The summed E-state index contributed by atoms with van der Waals surface area (Å²) in [7, 11) is -0.783. The summed E-state index contributed by atoms with van der Waals surface area (Å²) in [4.78, 5) is 12.4. The predicted molar refractivity (Wildman–Crippen MR) is 89.4 cm³/mol. The Labute approximate surface area is 145 Å². The van der Waals surface area contributed by atoms with Crippen molar-refractivity contribution in [2.75, 3.05) is 14.1 Å². The van der Waals surface area contributed by atoms with Crippen LogP contribution in [-0.2, 0) is 24.0 Å². The number of esters is 1. The summed E-state index contributed by atoms with van der Waals surface area (Å²) < 4.78 is 37.4. The molecule has 6 nitrogen and oxygen atoms in total. The van der Waals surface area contributed by atoms with Gasteiger partial charge in [-0.05, 0) is 50.4 Å². The Morgan fingerprint density at radius 1 is 1.17 bits per heavy atom. The van der Waals surface area contributed by atoms with Crippen molar-refractivity contribution in [3.63, 3.8) is 0 Å². The molecule has 4 fully saturated rings. The molecule has 0 aliphatic heterocycles. The molecule has 0 aromatic heterocycles. The van der Waals surface area contributed by atoms with Gasteiger partial charge in [-0.1, -0.05) is 13.8 Å². The molecule has 0 amide bonds. The average Bonchev–Trinajstić information content (AvgIpc) is 2.42. The van der Waals surface area contributed by atoms with Gasteiger partial charge in [-0.25, -0.2) is 0 Å². The lowest BCUT2D eigenvalue weighted by atomic mass is 9.52. The lowest BCUT2D eigenvalue weighted by Gasteiger charge is -2.60. The molecule has 4 bridgehead atoms. The maximum atomic E-state index is 12.4. The summed E-state index contributed by atoms with van der Waals surface area (Å²) in [6.07, 6.45) is 5.53. The van der Waals surface area contributed by atoms with Crippen LogP contribution in [0.2, 0.25) is 0 Å². The molecule has 4 rings (SSSR count). The van der Waals surface area contributed by atoms with Crippen LogP contribution in [-0.4, -0.2) is 44.0 Å². The third-order valence-corrected chi connectivity index (χ3v) is 7.47. The van der Waals surface area contributed by atoms with Crippen molar-refractivity contribution in [2.45, 2.75) is 70.0 Å². The molecule has 138 valence electrons. The molecule has 0 aromatic rings. The normalized spacial score (nSPS) is 39.2. The first-order chi connectivity index (χ1) is 11.1. The molecule has 24 heavy (non-hydrogen) atoms. The van der Waals surface area contributed by atoms with Gasteiger partial charge in [-0.15, -0.1) is 0 Å². The van der Waals surface area contributed by atoms with Crippen molar-refractivity contribution < 1.29 is 22.1 Å². The molecule has 3 unspecified atom stereocenters. The van der Waals surface area contributed by atoms with Crippen LogP contribution in [0.25, 0.3) is 0 Å². The highest BCUT2D eigenvalue weighted by Crippen LogP contribution is 2.60. The maximum Gasteiger partial charge on any atom is 0.338 e. The molecular weight excluding hydrogens is 330 g/mol. The van der Waals surface area contributed by atoms with Crippen LogP contribution in [0.3, 0.4) is 0 Å². The molecule has 0 N–H and O–H groups in total. The monoisotopic (exact) mass is 359 g/mol. The van der Waals surface area contributed by atoms with Gasteiger partial charge in [0.1, 0.15) is 5.60 Å². The van der Waals surface area contributed by atoms with Gasteiger partial charge in [0.15, 0.2) is 0 Å². The van der Waals surface area contributed by atoms with E-state index in [-0.39, 0.29) is 11.9 Å². The second-order valence-electron chi connectivity index (χ2n) is 8.38. The Hall–Kier alpha value is -0.660. The van der Waals surface area contributed by atoms with E-state index in [1.807, 2.05) is 13.8 Å². The Balaban J connectivity index is 1.83. The third-order valence-electron chi connectivity index (χ3n) is 6.01. The van der Waals surface area contributed by atoms with Crippen LogP contribution < -0.4 is 0 Å². The minimum atomic E-state index is -3.74. The Kier molecular flexibility index (Phi) is 4.50. The lowest BCUT2D eigenvalue weighted by Crippen LogP contribution is -2.62. The molecule has 4 aliphatic carbocycles. The molecule has 7 heteroatoms. The lowest BCUT2D eigenvalue weighted by molar-refractivity contribution is -0.215. The van der Waals surface area contributed by atoms with Gasteiger partial charge < -0.3 is 4.74 Å². The number of carbonyl (C=O) groups is 1. The summed E-state index contributed by atoms with van der Waals surface area (Å²) in [5.41, 5.74) is -1.24. The van der Waals surface area contributed by atoms with Gasteiger partial charge in [-0.2, -0.15) is 12.7 Å². The Morgan fingerprint density at radius 2 is 1.71 bits per heavy atom. The molecule has 0 radical (unpaired) electrons. The first kappa shape index (κ1) is 18.1. The third kappa shape index (κ3) is 3.22. The second-order valence-corrected chi connectivity index (χ2v) is 10.1. The van der Waals surface area contributed by atoms with E-state index in [0.29, 0.717) is 18.3 Å². The Bertz CT molecular complexity index is 600. The van der Waals surface area contributed by atoms with Crippen molar-refractivity contribution in [3.8, 4) is 0 Å². The van der Waals surface area contributed by atoms with Gasteiger partial charge in [0.2, 0.25) is 0 Å². The minimum absolute atomic E-state index is 0.125. The summed E-state index contributed by atoms with van der Waals surface area (Å²) in [6, 6.07) is 0. The minimum Gasteiger partial charge on any atom is -0.459 e. The molecule has 3 atom stereocenters. The fourth-order valence-corrected chi connectivity index (χ4v) is 5.88. The largest absolute Gasteiger partial charge is 0.459 e. The fraction of sp³-hybridized carbons (Fsp3) is 0.941. The first-order valence-corrected chi connectivity index (χ1v) is 10.3. The molecule has 0 aromatic carbocycles. The quantitative estimate of drug-likeness (QED) is 0.681. The highest BCUT2D eigenvalue weighted by molar-refractivity contribution is 7.84. The van der Waals surface area contributed by atoms with Crippen molar-refractivity contribution in [3.05, 3.63) is 0 Å². The van der Waals surface area contributed by atoms with E-state index in [0.717, 1.165) is 42.8 Å². The van der Waals surface area contributed by atoms with Crippen LogP contribution in [0, 0.1) is 17.8 Å². The standard InChI is InChI=1S/C17H29NO5S/c1-5-12(2)15(19)22-16-7-13-6-14(8-16)10-17(9-13,11-16)23-24(20,21)18(3)4/h12-14H,5-11H2,1-4H3. The van der Waals surface area contributed by atoms with E-state index in [9.17, 15) is 13.2 Å². The van der Waals surface area contributed by atoms with E-state index in [1.54, 1.807) is 0 Å². The van der Waals surface area contributed by atoms with E-state index >= 15 is 0 Å². The zero-order valence-electron chi connectivity index (χ0n) is 15.1. The molecule has 0 saturated heterocycles. The number of hydrogen-bond donors (Lipinski definition) is 0. The number of carbonyl (C=O) groups excluding carboxylic acids is 1. The number of rotatable bonds is 6. The van der Waals surface area contributed by atoms with E-state index in [4.69, 9.17) is 8.92 Å². The Morgan fingerprint density at radius 3 is 2.21 bits per heavy atom. The van der Waals surface area contributed by atoms with Gasteiger partial charge in [-0.3, -0.25) is 8.98 Å². The zero-order valence-corrected chi connectivity index (χ0v) is 15.9. The summed E-state index contributed by atoms with van der Waals surface area (Å²) >= 11 is 0. The predicted octanol–water partition coefficient (Wildman–Crippen LogP) is 2.49. The van der Waals surface area contributed by atoms with Crippen LogP contribution in [0.1, 0.15) is 58.8 Å². The maximum absolute atomic E-state index is 12.4. The van der Waals surface area contributed by atoms with Crippen molar-refractivity contribution in [1.82, 2.24) is 4.31 Å². The number of hydrogen-bond acceptors (Lipinski definition) is 5. The van der Waals surface area contributed by atoms with E-state index in [1.165, 1.54) is 14.1 Å². The van der Waals surface area contributed by atoms with Crippen molar-refractivity contribution >= 4 is 16.3 Å². The van der Waals surface area contributed by atoms with Crippen molar-refractivity contribution in [1.29, 1.82) is 0 Å². The summed E-state index contributed by atoms with van der Waals surface area (Å²) in [6.45, 7) is 3.85. The highest BCUT2D eigenvalue weighted by Gasteiger charge is 2.61. The van der Waals surface area contributed by atoms with Crippen molar-refractivity contribution in [2.24, 2.45) is 17.8 Å². The molecule has 0 spiro atoms. The topological polar surface area (TPSA) is 72.9 Å². The fourth-order valence-electron chi connectivity index (χ4n) is 5.09. The molecular formula is C17H29NO5S. The number of nitrogens with zero attached hydrogens (tertiary/aromatic N) is 1. The van der Waals surface area contributed by atoms with Gasteiger partial charge >= 0.3 is 16.3 Å². The van der Waals surface area contributed by atoms with Crippen LogP contribution in [0.4, 0.5) is 0 Å².